The van der Waals surface area contributed by atoms with Gasteiger partial charge in [0.05, 0.1) is 27.0 Å². The lowest BCUT2D eigenvalue weighted by atomic mass is 10.2. The van der Waals surface area contributed by atoms with E-state index in [1.54, 1.807) is 6.08 Å². The normalized spacial score (nSPS) is 15.7. The fourth-order valence-corrected chi connectivity index (χ4v) is 5.15. The first-order valence-corrected chi connectivity index (χ1v) is 11.5. The number of halogens is 3. The van der Waals surface area contributed by atoms with Crippen molar-refractivity contribution in [2.75, 3.05) is 6.61 Å². The van der Waals surface area contributed by atoms with E-state index in [0.29, 0.717) is 17.3 Å². The molecule has 27 heavy (non-hydrogen) atoms. The SMILES string of the molecule is CCOc1c(Br)cc(/C=C2\SC(=O)N(Cc3ccc(I)cc3)C2=O)cc1Br. The van der Waals surface area contributed by atoms with Crippen LogP contribution in [0.25, 0.3) is 6.08 Å². The molecule has 8 heteroatoms. The Hall–Kier alpha value is -0.840. The largest absolute Gasteiger partial charge is 0.492 e. The second-order valence-electron chi connectivity index (χ2n) is 5.64. The zero-order chi connectivity index (χ0) is 19.6. The monoisotopic (exact) mass is 621 g/mol. The van der Waals surface area contributed by atoms with E-state index in [2.05, 4.69) is 54.5 Å². The molecule has 1 heterocycles. The molecule has 0 saturated carbocycles. The van der Waals surface area contributed by atoms with Crippen molar-refractivity contribution >= 4 is 83.4 Å². The van der Waals surface area contributed by atoms with Gasteiger partial charge in [0.1, 0.15) is 5.75 Å². The van der Waals surface area contributed by atoms with Crippen molar-refractivity contribution in [1.29, 1.82) is 0 Å². The summed E-state index contributed by atoms with van der Waals surface area (Å²) in [5.74, 6) is 0.436. The molecule has 0 unspecified atom stereocenters. The van der Waals surface area contributed by atoms with E-state index in [9.17, 15) is 9.59 Å². The second-order valence-corrected chi connectivity index (χ2v) is 9.59. The van der Waals surface area contributed by atoms with Gasteiger partial charge in [-0.25, -0.2) is 0 Å². The Kier molecular flexibility index (Phi) is 7.04. The third-order valence-corrected chi connectivity index (χ3v) is 6.54. The first kappa shape index (κ1) is 20.9. The number of nitrogens with zero attached hydrogens (tertiary/aromatic N) is 1. The van der Waals surface area contributed by atoms with Crippen LogP contribution in [0.5, 0.6) is 5.75 Å². The zero-order valence-electron chi connectivity index (χ0n) is 14.2. The zero-order valence-corrected chi connectivity index (χ0v) is 20.3. The van der Waals surface area contributed by atoms with Crippen LogP contribution in [0.15, 0.2) is 50.2 Å². The van der Waals surface area contributed by atoms with Crippen LogP contribution in [-0.2, 0) is 11.3 Å². The number of hydrogen-bond acceptors (Lipinski definition) is 4. The highest BCUT2D eigenvalue weighted by atomic mass is 127. The predicted molar refractivity (Wildman–Crippen MR) is 124 cm³/mol. The van der Waals surface area contributed by atoms with Gasteiger partial charge in [0.25, 0.3) is 11.1 Å². The molecule has 1 aliphatic rings. The van der Waals surface area contributed by atoms with E-state index in [1.165, 1.54) is 4.90 Å². The van der Waals surface area contributed by atoms with Gasteiger partial charge >= 0.3 is 0 Å². The number of amides is 2. The highest BCUT2D eigenvalue weighted by Crippen LogP contribution is 2.38. The number of carbonyl (C=O) groups is 2. The van der Waals surface area contributed by atoms with Crippen molar-refractivity contribution in [1.82, 2.24) is 4.90 Å². The van der Waals surface area contributed by atoms with Crippen molar-refractivity contribution in [3.63, 3.8) is 0 Å². The van der Waals surface area contributed by atoms with Gasteiger partial charge in [-0.2, -0.15) is 0 Å². The summed E-state index contributed by atoms with van der Waals surface area (Å²) < 4.78 is 8.24. The average Bonchev–Trinajstić information content (AvgIpc) is 2.87. The van der Waals surface area contributed by atoms with Gasteiger partial charge < -0.3 is 4.74 Å². The maximum absolute atomic E-state index is 12.7. The lowest BCUT2D eigenvalue weighted by Gasteiger charge is -2.12. The maximum atomic E-state index is 12.7. The first-order chi connectivity index (χ1) is 12.9. The molecule has 2 aromatic rings. The van der Waals surface area contributed by atoms with Gasteiger partial charge in [0.2, 0.25) is 0 Å². The summed E-state index contributed by atoms with van der Waals surface area (Å²) in [5, 5.41) is -0.256. The molecule has 4 nitrogen and oxygen atoms in total. The number of imide groups is 1. The molecule has 1 saturated heterocycles. The summed E-state index contributed by atoms with van der Waals surface area (Å²) in [6.45, 7) is 2.74. The Morgan fingerprint density at radius 1 is 1.15 bits per heavy atom. The Balaban J connectivity index is 1.82. The lowest BCUT2D eigenvalue weighted by molar-refractivity contribution is -0.123. The summed E-state index contributed by atoms with van der Waals surface area (Å²) in [4.78, 5) is 26.7. The van der Waals surface area contributed by atoms with Crippen LogP contribution in [0.2, 0.25) is 0 Å². The van der Waals surface area contributed by atoms with E-state index >= 15 is 0 Å². The maximum Gasteiger partial charge on any atom is 0.293 e. The molecule has 3 rings (SSSR count). The van der Waals surface area contributed by atoms with Gasteiger partial charge in [-0.1, -0.05) is 12.1 Å². The number of ether oxygens (including phenoxy) is 1. The fourth-order valence-electron chi connectivity index (χ4n) is 2.51. The number of carbonyl (C=O) groups excluding carboxylic acids is 2. The third kappa shape index (κ3) is 4.96. The molecular formula is C19H14Br2INO3S. The molecule has 1 aliphatic heterocycles. The van der Waals surface area contributed by atoms with Crippen molar-refractivity contribution < 1.29 is 14.3 Å². The minimum Gasteiger partial charge on any atom is -0.492 e. The van der Waals surface area contributed by atoms with E-state index in [-0.39, 0.29) is 17.7 Å². The fraction of sp³-hybridized carbons (Fsp3) is 0.158. The molecule has 0 aliphatic carbocycles. The quantitative estimate of drug-likeness (QED) is 0.284. The van der Waals surface area contributed by atoms with Crippen LogP contribution in [-0.4, -0.2) is 22.7 Å². The first-order valence-electron chi connectivity index (χ1n) is 8.00. The van der Waals surface area contributed by atoms with Gasteiger partial charge in [0.15, 0.2) is 0 Å². The highest BCUT2D eigenvalue weighted by molar-refractivity contribution is 14.1. The highest BCUT2D eigenvalue weighted by Gasteiger charge is 2.35. The molecule has 2 amide bonds. The smallest absolute Gasteiger partial charge is 0.293 e. The summed E-state index contributed by atoms with van der Waals surface area (Å²) in [5.41, 5.74) is 1.72. The van der Waals surface area contributed by atoms with Crippen LogP contribution < -0.4 is 4.74 Å². The Bertz CT molecular complexity index is 908. The predicted octanol–water partition coefficient (Wildman–Crippen LogP) is 6.45. The number of rotatable bonds is 5. The molecule has 2 aromatic carbocycles. The Labute approximate surface area is 192 Å². The van der Waals surface area contributed by atoms with E-state index in [4.69, 9.17) is 4.74 Å². The van der Waals surface area contributed by atoms with Crippen LogP contribution in [0.4, 0.5) is 4.79 Å². The number of hydrogen-bond donors (Lipinski definition) is 0. The minimum absolute atomic E-state index is 0.256. The standard InChI is InChI=1S/C19H14Br2INO3S/c1-2-26-17-14(20)7-12(8-15(17)21)9-16-18(24)23(19(25)27-16)10-11-3-5-13(22)6-4-11/h3-9H,2,10H2,1H3/b16-9-. The van der Waals surface area contributed by atoms with Gasteiger partial charge in [-0.15, -0.1) is 0 Å². The van der Waals surface area contributed by atoms with Crippen molar-refractivity contribution in [2.24, 2.45) is 0 Å². The summed E-state index contributed by atoms with van der Waals surface area (Å²) in [6.07, 6.45) is 1.73. The minimum atomic E-state index is -0.273. The number of thioether (sulfide) groups is 1. The lowest BCUT2D eigenvalue weighted by Crippen LogP contribution is -2.27. The average molecular weight is 623 g/mol. The molecular weight excluding hydrogens is 609 g/mol. The van der Waals surface area contributed by atoms with Crippen molar-refractivity contribution in [3.8, 4) is 5.75 Å². The Morgan fingerprint density at radius 3 is 2.37 bits per heavy atom. The summed E-state index contributed by atoms with van der Waals surface area (Å²) in [7, 11) is 0. The molecule has 0 bridgehead atoms. The van der Waals surface area contributed by atoms with Gasteiger partial charge in [-0.05, 0) is 115 Å². The molecule has 1 fully saturated rings. The van der Waals surface area contributed by atoms with Crippen LogP contribution in [0.3, 0.4) is 0 Å². The van der Waals surface area contributed by atoms with Crippen LogP contribution in [0, 0.1) is 3.57 Å². The van der Waals surface area contributed by atoms with Gasteiger partial charge in [0, 0.05) is 3.57 Å². The molecule has 0 spiro atoms. The molecule has 0 radical (unpaired) electrons. The van der Waals surface area contributed by atoms with Crippen LogP contribution >= 0.6 is 66.2 Å². The number of benzene rings is 2. The summed E-state index contributed by atoms with van der Waals surface area (Å²) in [6, 6.07) is 11.5. The summed E-state index contributed by atoms with van der Waals surface area (Å²) >= 11 is 10.1. The second kappa shape index (κ2) is 9.11. The van der Waals surface area contributed by atoms with E-state index in [1.807, 2.05) is 43.3 Å². The molecule has 0 aromatic heterocycles. The van der Waals surface area contributed by atoms with Gasteiger partial charge in [-0.3, -0.25) is 14.5 Å². The topological polar surface area (TPSA) is 46.6 Å². The van der Waals surface area contributed by atoms with E-state index < -0.39 is 0 Å². The van der Waals surface area contributed by atoms with Crippen molar-refractivity contribution in [2.45, 2.75) is 13.5 Å². The molecule has 140 valence electrons. The molecule has 0 N–H and O–H groups in total. The van der Waals surface area contributed by atoms with Crippen LogP contribution in [0.1, 0.15) is 18.1 Å². The van der Waals surface area contributed by atoms with Crippen molar-refractivity contribution in [3.05, 3.63) is 64.9 Å². The Morgan fingerprint density at radius 2 is 1.78 bits per heavy atom. The molecule has 0 atom stereocenters. The van der Waals surface area contributed by atoms with E-state index in [0.717, 1.165) is 35.4 Å². The third-order valence-electron chi connectivity index (χ3n) is 3.73.